The van der Waals surface area contributed by atoms with Gasteiger partial charge >= 0.3 is 5.97 Å². The summed E-state index contributed by atoms with van der Waals surface area (Å²) in [4.78, 5) is 23.8. The van der Waals surface area contributed by atoms with Crippen LogP contribution in [-0.4, -0.2) is 47.6 Å². The van der Waals surface area contributed by atoms with Gasteiger partial charge in [-0.3, -0.25) is 9.59 Å². The number of carboxylic acid groups (broad SMARTS) is 1. The van der Waals surface area contributed by atoms with Gasteiger partial charge in [-0.15, -0.1) is 0 Å². The highest BCUT2D eigenvalue weighted by Crippen LogP contribution is 2.19. The molecule has 0 bridgehead atoms. The summed E-state index contributed by atoms with van der Waals surface area (Å²) < 4.78 is 0. The van der Waals surface area contributed by atoms with E-state index in [0.717, 1.165) is 19.4 Å². The Morgan fingerprint density at radius 1 is 1.36 bits per heavy atom. The first-order valence-electron chi connectivity index (χ1n) is 4.93. The van der Waals surface area contributed by atoms with Crippen molar-refractivity contribution in [3.05, 3.63) is 0 Å². The lowest BCUT2D eigenvalue weighted by atomic mass is 9.99. The number of aliphatic carboxylic acids is 1. The third-order valence-corrected chi connectivity index (χ3v) is 2.90. The molecule has 0 aromatic carbocycles. The molecule has 0 radical (unpaired) electrons. The molecule has 0 saturated carbocycles. The second-order valence-corrected chi connectivity index (χ2v) is 3.93. The quantitative estimate of drug-likeness (QED) is 0.614. The standard InChI is InChI=1S/C9H14N2O3/c12-8(7-2-1-3-10-7)11-4-6(5-11)9(13)14/h6-7,10H,1-5H2,(H,13,14)/t7-/m0/s1. The lowest BCUT2D eigenvalue weighted by Gasteiger charge is -2.38. The van der Waals surface area contributed by atoms with Gasteiger partial charge in [0.1, 0.15) is 0 Å². The van der Waals surface area contributed by atoms with Crippen molar-refractivity contribution in [2.24, 2.45) is 5.92 Å². The number of carbonyl (C=O) groups excluding carboxylic acids is 1. The summed E-state index contributed by atoms with van der Waals surface area (Å²) in [6.07, 6.45) is 1.92. The largest absolute Gasteiger partial charge is 0.481 e. The maximum absolute atomic E-state index is 11.7. The molecule has 0 unspecified atom stereocenters. The van der Waals surface area contributed by atoms with Crippen LogP contribution in [0.3, 0.4) is 0 Å². The second-order valence-electron chi connectivity index (χ2n) is 3.93. The molecule has 14 heavy (non-hydrogen) atoms. The number of hydrogen-bond donors (Lipinski definition) is 2. The number of amides is 1. The Kier molecular flexibility index (Phi) is 2.41. The van der Waals surface area contributed by atoms with Crippen LogP contribution in [0.15, 0.2) is 0 Å². The van der Waals surface area contributed by atoms with Crippen LogP contribution in [0.4, 0.5) is 0 Å². The van der Waals surface area contributed by atoms with Crippen molar-refractivity contribution in [1.29, 1.82) is 0 Å². The average molecular weight is 198 g/mol. The topological polar surface area (TPSA) is 69.6 Å². The van der Waals surface area contributed by atoms with Gasteiger partial charge in [0, 0.05) is 13.1 Å². The third-order valence-electron chi connectivity index (χ3n) is 2.90. The van der Waals surface area contributed by atoms with Gasteiger partial charge in [0.05, 0.1) is 12.0 Å². The van der Waals surface area contributed by atoms with Gasteiger partial charge in [0.25, 0.3) is 0 Å². The van der Waals surface area contributed by atoms with Crippen molar-refractivity contribution in [3.8, 4) is 0 Å². The van der Waals surface area contributed by atoms with Crippen LogP contribution >= 0.6 is 0 Å². The molecule has 2 aliphatic heterocycles. The molecular formula is C9H14N2O3. The Balaban J connectivity index is 1.81. The molecule has 2 N–H and O–H groups in total. The molecule has 0 aromatic heterocycles. The number of nitrogens with one attached hydrogen (secondary N) is 1. The van der Waals surface area contributed by atoms with E-state index in [9.17, 15) is 9.59 Å². The van der Waals surface area contributed by atoms with Crippen LogP contribution in [0.1, 0.15) is 12.8 Å². The van der Waals surface area contributed by atoms with E-state index in [4.69, 9.17) is 5.11 Å². The Labute approximate surface area is 82.1 Å². The fraction of sp³-hybridized carbons (Fsp3) is 0.778. The number of rotatable bonds is 2. The molecular weight excluding hydrogens is 184 g/mol. The SMILES string of the molecule is O=C(O)C1CN(C(=O)[C@@H]2CCCN2)C1. The molecule has 0 aromatic rings. The molecule has 0 spiro atoms. The van der Waals surface area contributed by atoms with Crippen molar-refractivity contribution < 1.29 is 14.7 Å². The maximum atomic E-state index is 11.7. The lowest BCUT2D eigenvalue weighted by Crippen LogP contribution is -2.57. The number of likely N-dealkylation sites (tertiary alicyclic amines) is 1. The summed E-state index contributed by atoms with van der Waals surface area (Å²) >= 11 is 0. The summed E-state index contributed by atoms with van der Waals surface area (Å²) in [7, 11) is 0. The zero-order valence-corrected chi connectivity index (χ0v) is 7.90. The minimum Gasteiger partial charge on any atom is -0.481 e. The van der Waals surface area contributed by atoms with Crippen molar-refractivity contribution in [3.63, 3.8) is 0 Å². The Hall–Kier alpha value is -1.10. The zero-order valence-electron chi connectivity index (χ0n) is 7.90. The maximum Gasteiger partial charge on any atom is 0.310 e. The molecule has 5 nitrogen and oxygen atoms in total. The van der Waals surface area contributed by atoms with Gasteiger partial charge in [-0.25, -0.2) is 0 Å². The molecule has 1 amide bonds. The number of hydrogen-bond acceptors (Lipinski definition) is 3. The normalized spacial score (nSPS) is 27.4. The molecule has 2 saturated heterocycles. The zero-order chi connectivity index (χ0) is 10.1. The molecule has 1 atom stereocenters. The van der Waals surface area contributed by atoms with Gasteiger partial charge in [0.2, 0.25) is 5.91 Å². The number of nitrogens with zero attached hydrogens (tertiary/aromatic N) is 1. The monoisotopic (exact) mass is 198 g/mol. The van der Waals surface area contributed by atoms with Crippen LogP contribution < -0.4 is 5.32 Å². The van der Waals surface area contributed by atoms with E-state index in [1.54, 1.807) is 4.90 Å². The van der Waals surface area contributed by atoms with Crippen LogP contribution in [0, 0.1) is 5.92 Å². The number of carboxylic acids is 1. The first-order chi connectivity index (χ1) is 6.68. The van der Waals surface area contributed by atoms with Crippen molar-refractivity contribution in [2.75, 3.05) is 19.6 Å². The van der Waals surface area contributed by atoms with E-state index >= 15 is 0 Å². The summed E-state index contributed by atoms with van der Waals surface area (Å²) in [6, 6.07) is -0.0651. The minimum atomic E-state index is -0.798. The van der Waals surface area contributed by atoms with E-state index in [2.05, 4.69) is 5.32 Å². The molecule has 2 aliphatic rings. The third kappa shape index (κ3) is 1.59. The highest BCUT2D eigenvalue weighted by molar-refractivity contribution is 5.85. The van der Waals surface area contributed by atoms with Gasteiger partial charge < -0.3 is 15.3 Å². The van der Waals surface area contributed by atoms with Gasteiger partial charge in [-0.1, -0.05) is 0 Å². The van der Waals surface area contributed by atoms with Crippen LogP contribution in [-0.2, 0) is 9.59 Å². The van der Waals surface area contributed by atoms with E-state index in [1.165, 1.54) is 0 Å². The molecule has 0 aliphatic carbocycles. The van der Waals surface area contributed by atoms with Crippen LogP contribution in [0.5, 0.6) is 0 Å². The second kappa shape index (κ2) is 3.57. The molecule has 2 fully saturated rings. The van der Waals surface area contributed by atoms with Crippen molar-refractivity contribution in [1.82, 2.24) is 10.2 Å². The highest BCUT2D eigenvalue weighted by Gasteiger charge is 2.38. The average Bonchev–Trinajstić information content (AvgIpc) is 2.51. The molecule has 2 heterocycles. The van der Waals surface area contributed by atoms with Gasteiger partial charge in [-0.2, -0.15) is 0 Å². The molecule has 2 rings (SSSR count). The van der Waals surface area contributed by atoms with E-state index in [1.807, 2.05) is 0 Å². The highest BCUT2D eigenvalue weighted by atomic mass is 16.4. The van der Waals surface area contributed by atoms with Crippen molar-refractivity contribution in [2.45, 2.75) is 18.9 Å². The number of carbonyl (C=O) groups is 2. The smallest absolute Gasteiger partial charge is 0.310 e. The van der Waals surface area contributed by atoms with Crippen molar-refractivity contribution >= 4 is 11.9 Å². The Bertz CT molecular complexity index is 255. The minimum absolute atomic E-state index is 0.0651. The van der Waals surface area contributed by atoms with Gasteiger partial charge in [0.15, 0.2) is 0 Å². The van der Waals surface area contributed by atoms with E-state index in [0.29, 0.717) is 13.1 Å². The Morgan fingerprint density at radius 3 is 2.57 bits per heavy atom. The summed E-state index contributed by atoms with van der Waals surface area (Å²) in [5.41, 5.74) is 0. The summed E-state index contributed by atoms with van der Waals surface area (Å²) in [5.74, 6) is -1.08. The van der Waals surface area contributed by atoms with E-state index in [-0.39, 0.29) is 17.9 Å². The predicted octanol–water partition coefficient (Wildman–Crippen LogP) is -0.719. The molecule has 78 valence electrons. The van der Waals surface area contributed by atoms with E-state index < -0.39 is 5.97 Å². The van der Waals surface area contributed by atoms with Gasteiger partial charge in [-0.05, 0) is 19.4 Å². The first kappa shape index (κ1) is 9.45. The first-order valence-corrected chi connectivity index (χ1v) is 4.93. The summed E-state index contributed by atoms with van der Waals surface area (Å²) in [6.45, 7) is 1.66. The van der Waals surface area contributed by atoms with Crippen LogP contribution in [0.25, 0.3) is 0 Å². The fourth-order valence-corrected chi connectivity index (χ4v) is 1.93. The summed E-state index contributed by atoms with van der Waals surface area (Å²) in [5, 5.41) is 11.8. The fourth-order valence-electron chi connectivity index (χ4n) is 1.93. The Morgan fingerprint density at radius 2 is 2.07 bits per heavy atom. The van der Waals surface area contributed by atoms with Crippen LogP contribution in [0.2, 0.25) is 0 Å². The molecule has 5 heteroatoms. The lowest BCUT2D eigenvalue weighted by molar-refractivity contribution is -0.153. The predicted molar refractivity (Wildman–Crippen MR) is 48.7 cm³/mol.